The monoisotopic (exact) mass is 270 g/mol. The van der Waals surface area contributed by atoms with Crippen molar-refractivity contribution in [1.29, 1.82) is 0 Å². The topological polar surface area (TPSA) is 69.6 Å². The van der Waals surface area contributed by atoms with Crippen molar-refractivity contribution in [2.24, 2.45) is 0 Å². The van der Waals surface area contributed by atoms with Crippen LogP contribution >= 0.6 is 0 Å². The fraction of sp³-hybridized carbons (Fsp3) is 0.333. The minimum atomic E-state index is -1.25. The molecule has 1 amide bonds. The van der Waals surface area contributed by atoms with Gasteiger partial charge in [-0.15, -0.1) is 0 Å². The van der Waals surface area contributed by atoms with Gasteiger partial charge in [-0.05, 0) is 18.2 Å². The van der Waals surface area contributed by atoms with Crippen molar-refractivity contribution >= 4 is 11.9 Å². The zero-order valence-electron chi connectivity index (χ0n) is 9.90. The van der Waals surface area contributed by atoms with Gasteiger partial charge in [0.2, 0.25) is 0 Å². The Hall–Kier alpha value is -2.02. The summed E-state index contributed by atoms with van der Waals surface area (Å²) in [7, 11) is 0. The Morgan fingerprint density at radius 2 is 2.11 bits per heavy atom. The summed E-state index contributed by atoms with van der Waals surface area (Å²) in [5.74, 6) is -2.34. The van der Waals surface area contributed by atoms with Crippen molar-refractivity contribution in [3.8, 4) is 0 Å². The van der Waals surface area contributed by atoms with Crippen LogP contribution in [0.4, 0.5) is 13.6 Å². The zero-order chi connectivity index (χ0) is 14.0. The van der Waals surface area contributed by atoms with Crippen LogP contribution in [0.5, 0.6) is 0 Å². The number of Topliss-reactive ketones (excluding diaryl/α,β-unsaturated/α-hetero) is 1. The predicted octanol–water partition coefficient (Wildman–Crippen LogP) is 1.10. The van der Waals surface area contributed by atoms with Gasteiger partial charge >= 0.3 is 6.09 Å². The Kier molecular flexibility index (Phi) is 3.75. The number of ketones is 1. The number of carbonyl (C=O) groups excluding carboxylic acids is 1. The van der Waals surface area contributed by atoms with Crippen LogP contribution in [0.2, 0.25) is 0 Å². The first-order valence-corrected chi connectivity index (χ1v) is 5.70. The van der Waals surface area contributed by atoms with Crippen LogP contribution in [0.25, 0.3) is 0 Å². The number of benzene rings is 1. The molecule has 5 nitrogen and oxygen atoms in total. The number of rotatable bonds is 2. The summed E-state index contributed by atoms with van der Waals surface area (Å²) in [4.78, 5) is 24.1. The minimum Gasteiger partial charge on any atom is -0.465 e. The van der Waals surface area contributed by atoms with Gasteiger partial charge in [-0.1, -0.05) is 0 Å². The van der Waals surface area contributed by atoms with E-state index in [0.29, 0.717) is 6.54 Å². The largest absolute Gasteiger partial charge is 0.465 e. The Morgan fingerprint density at radius 1 is 1.37 bits per heavy atom. The standard InChI is InChI=1S/C12H12F2N2O3/c13-7-1-2-9(14)8(5-7)11(17)10-6-15-3-4-16(10)12(18)19/h1-2,5,10,15H,3-4,6H2,(H,18,19). The van der Waals surface area contributed by atoms with Crippen LogP contribution in [-0.4, -0.2) is 47.6 Å². The fourth-order valence-corrected chi connectivity index (χ4v) is 2.03. The SMILES string of the molecule is O=C(c1cc(F)ccc1F)C1CNCCN1C(=O)O. The molecular formula is C12H12F2N2O3. The van der Waals surface area contributed by atoms with Gasteiger partial charge in [0, 0.05) is 19.6 Å². The number of carbonyl (C=O) groups is 2. The number of amides is 1. The average molecular weight is 270 g/mol. The smallest absolute Gasteiger partial charge is 0.408 e. The second kappa shape index (κ2) is 5.31. The van der Waals surface area contributed by atoms with Gasteiger partial charge in [-0.2, -0.15) is 0 Å². The molecule has 2 rings (SSSR count). The van der Waals surface area contributed by atoms with Crippen LogP contribution in [0.1, 0.15) is 10.4 Å². The number of nitrogens with zero attached hydrogens (tertiary/aromatic N) is 1. The molecule has 0 aliphatic carbocycles. The Bertz CT molecular complexity index is 522. The van der Waals surface area contributed by atoms with E-state index in [9.17, 15) is 18.4 Å². The van der Waals surface area contributed by atoms with E-state index < -0.39 is 35.1 Å². The van der Waals surface area contributed by atoms with Gasteiger partial charge in [0.15, 0.2) is 5.78 Å². The van der Waals surface area contributed by atoms with Crippen molar-refractivity contribution in [2.75, 3.05) is 19.6 Å². The third-order valence-electron chi connectivity index (χ3n) is 2.99. The molecule has 0 spiro atoms. The van der Waals surface area contributed by atoms with E-state index in [1.54, 1.807) is 0 Å². The van der Waals surface area contributed by atoms with Crippen LogP contribution in [0.15, 0.2) is 18.2 Å². The molecule has 7 heteroatoms. The van der Waals surface area contributed by atoms with Crippen molar-refractivity contribution < 1.29 is 23.5 Å². The van der Waals surface area contributed by atoms with Crippen molar-refractivity contribution in [3.05, 3.63) is 35.4 Å². The van der Waals surface area contributed by atoms with Crippen molar-refractivity contribution in [3.63, 3.8) is 0 Å². The fourth-order valence-electron chi connectivity index (χ4n) is 2.03. The van der Waals surface area contributed by atoms with Crippen molar-refractivity contribution in [1.82, 2.24) is 10.2 Å². The molecule has 2 N–H and O–H groups in total. The molecule has 1 aromatic rings. The van der Waals surface area contributed by atoms with E-state index >= 15 is 0 Å². The highest BCUT2D eigenvalue weighted by Crippen LogP contribution is 2.16. The summed E-state index contributed by atoms with van der Waals surface area (Å²) < 4.78 is 26.6. The summed E-state index contributed by atoms with van der Waals surface area (Å²) in [6.45, 7) is 0.630. The normalized spacial score (nSPS) is 19.3. The molecule has 0 radical (unpaired) electrons. The van der Waals surface area contributed by atoms with Gasteiger partial charge in [0.1, 0.15) is 17.7 Å². The third-order valence-corrected chi connectivity index (χ3v) is 2.99. The van der Waals surface area contributed by atoms with Gasteiger partial charge in [-0.25, -0.2) is 13.6 Å². The molecule has 1 aliphatic heterocycles. The molecular weight excluding hydrogens is 258 g/mol. The van der Waals surface area contributed by atoms with E-state index in [0.717, 1.165) is 23.1 Å². The summed E-state index contributed by atoms with van der Waals surface area (Å²) in [5, 5.41) is 11.9. The Morgan fingerprint density at radius 3 is 2.79 bits per heavy atom. The van der Waals surface area contributed by atoms with E-state index in [2.05, 4.69) is 5.32 Å². The van der Waals surface area contributed by atoms with Crippen molar-refractivity contribution in [2.45, 2.75) is 6.04 Å². The first kappa shape index (κ1) is 13.4. The molecule has 0 bridgehead atoms. The van der Waals surface area contributed by atoms with E-state index in [4.69, 9.17) is 5.11 Å². The zero-order valence-corrected chi connectivity index (χ0v) is 9.90. The first-order chi connectivity index (χ1) is 9.00. The number of halogens is 2. The maximum absolute atomic E-state index is 13.5. The first-order valence-electron chi connectivity index (χ1n) is 5.70. The summed E-state index contributed by atoms with van der Waals surface area (Å²) in [6.07, 6.45) is -1.25. The van der Waals surface area contributed by atoms with Crippen LogP contribution in [0, 0.1) is 11.6 Å². The lowest BCUT2D eigenvalue weighted by Gasteiger charge is -2.33. The average Bonchev–Trinajstić information content (AvgIpc) is 2.40. The number of piperazine rings is 1. The highest BCUT2D eigenvalue weighted by atomic mass is 19.1. The summed E-state index contributed by atoms with van der Waals surface area (Å²) >= 11 is 0. The Balaban J connectivity index is 2.31. The van der Waals surface area contributed by atoms with Gasteiger partial charge < -0.3 is 10.4 Å². The molecule has 1 saturated heterocycles. The highest BCUT2D eigenvalue weighted by molar-refractivity contribution is 6.01. The molecule has 1 fully saturated rings. The summed E-state index contributed by atoms with van der Waals surface area (Å²) in [6, 6.07) is 1.50. The lowest BCUT2D eigenvalue weighted by molar-refractivity contribution is 0.0737. The second-order valence-corrected chi connectivity index (χ2v) is 4.18. The van der Waals surface area contributed by atoms with Gasteiger partial charge in [0.05, 0.1) is 5.56 Å². The van der Waals surface area contributed by atoms with Crippen LogP contribution in [-0.2, 0) is 0 Å². The van der Waals surface area contributed by atoms with Gasteiger partial charge in [-0.3, -0.25) is 9.69 Å². The molecule has 1 atom stereocenters. The van der Waals surface area contributed by atoms with Crippen LogP contribution < -0.4 is 5.32 Å². The third kappa shape index (κ3) is 2.70. The lowest BCUT2D eigenvalue weighted by atomic mass is 10.0. The number of nitrogens with one attached hydrogen (secondary N) is 1. The van der Waals surface area contributed by atoms with E-state index in [1.807, 2.05) is 0 Å². The van der Waals surface area contributed by atoms with E-state index in [-0.39, 0.29) is 13.1 Å². The van der Waals surface area contributed by atoms with E-state index in [1.165, 1.54) is 0 Å². The van der Waals surface area contributed by atoms with Crippen LogP contribution in [0.3, 0.4) is 0 Å². The number of hydrogen-bond donors (Lipinski definition) is 2. The lowest BCUT2D eigenvalue weighted by Crippen LogP contribution is -2.56. The van der Waals surface area contributed by atoms with Gasteiger partial charge in [0.25, 0.3) is 0 Å². The summed E-state index contributed by atoms with van der Waals surface area (Å²) in [5.41, 5.74) is -0.431. The number of hydrogen-bond acceptors (Lipinski definition) is 3. The second-order valence-electron chi connectivity index (χ2n) is 4.18. The molecule has 1 unspecified atom stereocenters. The quantitative estimate of drug-likeness (QED) is 0.789. The molecule has 0 aromatic heterocycles. The molecule has 1 aliphatic rings. The minimum absolute atomic E-state index is 0.0844. The molecule has 19 heavy (non-hydrogen) atoms. The highest BCUT2D eigenvalue weighted by Gasteiger charge is 2.33. The molecule has 0 saturated carbocycles. The predicted molar refractivity (Wildman–Crippen MR) is 62.1 cm³/mol. The maximum Gasteiger partial charge on any atom is 0.408 e. The molecule has 1 heterocycles. The number of carboxylic acid groups (broad SMARTS) is 1. The Labute approximate surface area is 107 Å². The maximum atomic E-state index is 13.5. The molecule has 102 valence electrons. The molecule has 1 aromatic carbocycles.